The van der Waals surface area contributed by atoms with Crippen LogP contribution in [0.15, 0.2) is 23.0 Å². The van der Waals surface area contributed by atoms with Crippen LogP contribution < -0.4 is 10.6 Å². The van der Waals surface area contributed by atoms with E-state index in [1.807, 2.05) is 19.0 Å². The molecule has 4 aliphatic rings. The molecule has 1 amide bonds. The molecule has 0 radical (unpaired) electrons. The third-order valence-corrected chi connectivity index (χ3v) is 9.82. The molecule has 11 nitrogen and oxygen atoms in total. The zero-order valence-corrected chi connectivity index (χ0v) is 25.2. The molecule has 5 rings (SSSR count). The van der Waals surface area contributed by atoms with E-state index >= 15 is 0 Å². The molecule has 1 heterocycles. The number of Topliss-reactive ketones (excluding diaryl/α,β-unsaturated/α-hetero) is 2. The van der Waals surface area contributed by atoms with Gasteiger partial charge in [0.05, 0.1) is 11.6 Å². The summed E-state index contributed by atoms with van der Waals surface area (Å²) in [5.74, 6) is -6.49. The second-order valence-electron chi connectivity index (χ2n) is 13.6. The van der Waals surface area contributed by atoms with Crippen molar-refractivity contribution >= 4 is 28.9 Å². The summed E-state index contributed by atoms with van der Waals surface area (Å²) in [6.45, 7) is 7.00. The normalized spacial score (nSPS) is 29.4. The van der Waals surface area contributed by atoms with E-state index in [0.717, 1.165) is 37.2 Å². The number of primary amides is 1. The quantitative estimate of drug-likeness (QED) is 0.322. The van der Waals surface area contributed by atoms with Crippen molar-refractivity contribution in [2.24, 2.45) is 23.0 Å². The number of phenolic OH excluding ortho intramolecular Hbond substituents is 1. The number of carbonyl (C=O) groups excluding carboxylic acids is 3. The molecule has 11 heteroatoms. The Balaban J connectivity index is 1.64. The van der Waals surface area contributed by atoms with E-state index in [2.05, 4.69) is 18.7 Å². The largest absolute Gasteiger partial charge is 0.508 e. The van der Waals surface area contributed by atoms with Crippen LogP contribution >= 0.6 is 0 Å². The van der Waals surface area contributed by atoms with Gasteiger partial charge in [0.25, 0.3) is 5.91 Å². The molecular weight excluding hydrogens is 540 g/mol. The van der Waals surface area contributed by atoms with Gasteiger partial charge in [-0.3, -0.25) is 24.2 Å². The molecule has 42 heavy (non-hydrogen) atoms. The molecule has 228 valence electrons. The fraction of sp³-hybridized carbons (Fsp3) is 0.581. The van der Waals surface area contributed by atoms with Crippen molar-refractivity contribution in [3.63, 3.8) is 0 Å². The van der Waals surface area contributed by atoms with E-state index in [4.69, 9.17) is 5.73 Å². The van der Waals surface area contributed by atoms with Gasteiger partial charge in [-0.25, -0.2) is 0 Å². The number of aromatic hydroxyl groups is 1. The highest BCUT2D eigenvalue weighted by Gasteiger charge is 2.64. The lowest BCUT2D eigenvalue weighted by Gasteiger charge is -2.50. The number of carbonyl (C=O) groups is 3. The Morgan fingerprint density at radius 1 is 1.10 bits per heavy atom. The summed E-state index contributed by atoms with van der Waals surface area (Å²) in [6, 6.07) is 0.513. The fourth-order valence-corrected chi connectivity index (χ4v) is 7.60. The number of aliphatic hydroxyl groups is 3. The van der Waals surface area contributed by atoms with Gasteiger partial charge >= 0.3 is 0 Å². The number of rotatable bonds is 5. The maximum atomic E-state index is 14.1. The second-order valence-corrected chi connectivity index (χ2v) is 13.6. The number of benzene rings is 1. The summed E-state index contributed by atoms with van der Waals surface area (Å²) in [5, 5.41) is 45.6. The maximum absolute atomic E-state index is 14.1. The molecule has 2 fully saturated rings. The lowest BCUT2D eigenvalue weighted by atomic mass is 9.57. The summed E-state index contributed by atoms with van der Waals surface area (Å²) < 4.78 is 0. The van der Waals surface area contributed by atoms with Crippen molar-refractivity contribution < 1.29 is 34.8 Å². The predicted molar refractivity (Wildman–Crippen MR) is 157 cm³/mol. The average molecular weight is 583 g/mol. The third-order valence-electron chi connectivity index (χ3n) is 9.82. The summed E-state index contributed by atoms with van der Waals surface area (Å²) in [5.41, 5.74) is 4.60. The van der Waals surface area contributed by atoms with Crippen LogP contribution in [0.1, 0.15) is 49.8 Å². The van der Waals surface area contributed by atoms with E-state index in [0.29, 0.717) is 12.1 Å². The number of hydrogen-bond donors (Lipinski definition) is 5. The fourth-order valence-electron chi connectivity index (χ4n) is 7.60. The Labute approximate surface area is 245 Å². The first-order valence-corrected chi connectivity index (χ1v) is 14.4. The van der Waals surface area contributed by atoms with Crippen molar-refractivity contribution in [1.82, 2.24) is 9.80 Å². The highest BCUT2D eigenvalue weighted by molar-refractivity contribution is 6.24. The summed E-state index contributed by atoms with van der Waals surface area (Å²) >= 11 is 0. The number of nitrogens with zero attached hydrogens (tertiary/aromatic N) is 3. The van der Waals surface area contributed by atoms with Gasteiger partial charge in [0, 0.05) is 37.8 Å². The minimum absolute atomic E-state index is 0.0603. The number of piperidine rings is 1. The first-order chi connectivity index (χ1) is 19.5. The van der Waals surface area contributed by atoms with E-state index in [1.54, 1.807) is 20.2 Å². The highest BCUT2D eigenvalue weighted by Crippen LogP contribution is 2.54. The standard InChI is InChI=1S/C31H42N4O7/c1-30(2)7-9-35(10-8-30)14-16-13-19(36)21-17(23(16)33(3)4)11-15-12-18-24(34(5)6)26(38)22(29(32)41)28(40)31(18,42)27(39)20(15)25(21)37/h13,15,18,24,36-37,40,42H,7-12,14H2,1-6H3,(H2,32,41)/t15-,18-,24-,31-/m0/s1. The van der Waals surface area contributed by atoms with Crippen LogP contribution in [0.2, 0.25) is 0 Å². The number of nitrogens with two attached hydrogens (primary N) is 1. The maximum Gasteiger partial charge on any atom is 0.255 e. The number of aliphatic hydroxyl groups excluding tert-OH is 2. The predicted octanol–water partition coefficient (Wildman–Crippen LogP) is 1.65. The zero-order valence-electron chi connectivity index (χ0n) is 25.2. The van der Waals surface area contributed by atoms with Crippen LogP contribution in [0.3, 0.4) is 0 Å². The van der Waals surface area contributed by atoms with Crippen LogP contribution in [0.5, 0.6) is 5.75 Å². The van der Waals surface area contributed by atoms with Gasteiger partial charge in [-0.15, -0.1) is 0 Å². The third kappa shape index (κ3) is 4.40. The zero-order chi connectivity index (χ0) is 31.0. The van der Waals surface area contributed by atoms with Gasteiger partial charge in [-0.05, 0) is 81.4 Å². The topological polar surface area (TPSA) is 168 Å². The Hall–Kier alpha value is -3.41. The molecule has 0 aromatic heterocycles. The van der Waals surface area contributed by atoms with Gasteiger partial charge < -0.3 is 31.1 Å². The van der Waals surface area contributed by atoms with Crippen molar-refractivity contribution in [1.29, 1.82) is 0 Å². The summed E-state index contributed by atoms with van der Waals surface area (Å²) in [7, 11) is 6.96. The number of likely N-dealkylation sites (tertiary alicyclic amines) is 1. The van der Waals surface area contributed by atoms with E-state index < -0.39 is 58.0 Å². The molecule has 6 N–H and O–H groups in total. The van der Waals surface area contributed by atoms with Crippen LogP contribution in [0, 0.1) is 17.3 Å². The molecule has 1 saturated carbocycles. The lowest BCUT2D eigenvalue weighted by Crippen LogP contribution is -2.65. The minimum atomic E-state index is -2.65. The Bertz CT molecular complexity index is 1430. The Morgan fingerprint density at radius 3 is 2.26 bits per heavy atom. The molecule has 1 saturated heterocycles. The Morgan fingerprint density at radius 2 is 1.71 bits per heavy atom. The molecule has 1 aromatic rings. The minimum Gasteiger partial charge on any atom is -0.508 e. The van der Waals surface area contributed by atoms with Crippen LogP contribution in [0.4, 0.5) is 5.69 Å². The van der Waals surface area contributed by atoms with Gasteiger partial charge in [-0.2, -0.15) is 0 Å². The number of phenols is 1. The number of ketones is 2. The molecule has 3 aliphatic carbocycles. The number of fused-ring (bicyclic) bond motifs is 3. The molecule has 0 unspecified atom stereocenters. The lowest BCUT2D eigenvalue weighted by molar-refractivity contribution is -0.153. The first kappa shape index (κ1) is 30.1. The highest BCUT2D eigenvalue weighted by atomic mass is 16.3. The first-order valence-electron chi connectivity index (χ1n) is 14.4. The molecular formula is C31H42N4O7. The van der Waals surface area contributed by atoms with E-state index in [-0.39, 0.29) is 35.1 Å². The van der Waals surface area contributed by atoms with Gasteiger partial charge in [0.2, 0.25) is 5.78 Å². The molecule has 0 bridgehead atoms. The molecule has 4 atom stereocenters. The number of amides is 1. The smallest absolute Gasteiger partial charge is 0.255 e. The van der Waals surface area contributed by atoms with Gasteiger partial charge in [-0.1, -0.05) is 13.8 Å². The molecule has 0 spiro atoms. The second kappa shape index (κ2) is 10.1. The SMILES string of the molecule is CN(C)c1c(CN2CCC(C)(C)CC2)cc(O)c2c1C[C@H]1C[C@H]3[C@H](N(C)C)C(=O)C(C(N)=O)=C(O)[C@@]3(O)C(=O)C1=C2O. The monoisotopic (exact) mass is 582 g/mol. The summed E-state index contributed by atoms with van der Waals surface area (Å²) in [4.78, 5) is 45.3. The average Bonchev–Trinajstić information content (AvgIpc) is 2.86. The van der Waals surface area contributed by atoms with Crippen molar-refractivity contribution in [3.8, 4) is 5.75 Å². The van der Waals surface area contributed by atoms with E-state index in [9.17, 15) is 34.8 Å². The van der Waals surface area contributed by atoms with Crippen molar-refractivity contribution in [2.75, 3.05) is 46.2 Å². The number of anilines is 1. The van der Waals surface area contributed by atoms with Gasteiger partial charge in [0.15, 0.2) is 11.4 Å². The van der Waals surface area contributed by atoms with Crippen molar-refractivity contribution in [3.05, 3.63) is 39.7 Å². The molecule has 1 aromatic carbocycles. The van der Waals surface area contributed by atoms with Crippen molar-refractivity contribution in [2.45, 2.75) is 57.7 Å². The van der Waals surface area contributed by atoms with E-state index in [1.165, 1.54) is 4.90 Å². The summed E-state index contributed by atoms with van der Waals surface area (Å²) in [6.07, 6.45) is 2.45. The number of hydrogen-bond acceptors (Lipinski definition) is 10. The van der Waals surface area contributed by atoms with Gasteiger partial charge in [0.1, 0.15) is 22.8 Å². The molecule has 1 aliphatic heterocycles. The van der Waals surface area contributed by atoms with Crippen LogP contribution in [0.25, 0.3) is 5.76 Å². The van der Waals surface area contributed by atoms with Crippen LogP contribution in [-0.2, 0) is 27.3 Å². The Kier molecular flexibility index (Phi) is 7.23. The van der Waals surface area contributed by atoms with Crippen LogP contribution in [-0.4, -0.2) is 101 Å². The number of likely N-dealkylation sites (N-methyl/N-ethyl adjacent to an activating group) is 1.